The molecule has 0 bridgehead atoms. The minimum absolute atomic E-state index is 0.0553. The van der Waals surface area contributed by atoms with E-state index in [1.165, 1.54) is 11.8 Å². The fourth-order valence-corrected chi connectivity index (χ4v) is 2.45. The number of aliphatic hydroxyl groups is 1. The molecule has 1 aromatic rings. The predicted molar refractivity (Wildman–Crippen MR) is 62.4 cm³/mol. The molecule has 4 nitrogen and oxygen atoms in total. The van der Waals surface area contributed by atoms with E-state index in [-0.39, 0.29) is 23.0 Å². The van der Waals surface area contributed by atoms with Crippen molar-refractivity contribution >= 4 is 28.2 Å². The molecule has 2 atom stereocenters. The van der Waals surface area contributed by atoms with Gasteiger partial charge in [-0.3, -0.25) is 0 Å². The molecule has 0 aliphatic heterocycles. The fraction of sp³-hybridized carbons (Fsp3) is 0.750. The SMILES string of the molecule is CSC(CO)C(C)Nc1nnc(C(F)(F)F)s1. The van der Waals surface area contributed by atoms with Crippen molar-refractivity contribution in [2.45, 2.75) is 24.4 Å². The lowest BCUT2D eigenvalue weighted by Gasteiger charge is -2.20. The van der Waals surface area contributed by atoms with Crippen LogP contribution in [0.4, 0.5) is 18.3 Å². The van der Waals surface area contributed by atoms with Gasteiger partial charge in [0.1, 0.15) is 0 Å². The molecule has 2 unspecified atom stereocenters. The van der Waals surface area contributed by atoms with Crippen LogP contribution in [0.3, 0.4) is 0 Å². The van der Waals surface area contributed by atoms with Crippen LogP contribution in [-0.4, -0.2) is 39.5 Å². The molecule has 0 saturated heterocycles. The molecular formula is C8H12F3N3OS2. The number of nitrogens with zero attached hydrogens (tertiary/aromatic N) is 2. The summed E-state index contributed by atoms with van der Waals surface area (Å²) in [4.78, 5) is 0. The summed E-state index contributed by atoms with van der Waals surface area (Å²) >= 11 is 1.89. The van der Waals surface area contributed by atoms with E-state index in [0.717, 1.165) is 0 Å². The molecule has 1 aromatic heterocycles. The molecule has 0 fully saturated rings. The smallest absolute Gasteiger partial charge is 0.395 e. The lowest BCUT2D eigenvalue weighted by atomic mass is 10.2. The summed E-state index contributed by atoms with van der Waals surface area (Å²) in [6.45, 7) is 1.71. The second-order valence-corrected chi connectivity index (χ2v) is 5.35. The van der Waals surface area contributed by atoms with Gasteiger partial charge in [0.2, 0.25) is 10.1 Å². The third-order valence-electron chi connectivity index (χ3n) is 2.06. The Morgan fingerprint density at radius 2 is 2.12 bits per heavy atom. The number of rotatable bonds is 5. The second kappa shape index (κ2) is 5.87. The Morgan fingerprint density at radius 3 is 2.53 bits per heavy atom. The van der Waals surface area contributed by atoms with Gasteiger partial charge < -0.3 is 10.4 Å². The molecule has 9 heteroatoms. The van der Waals surface area contributed by atoms with Crippen molar-refractivity contribution in [2.24, 2.45) is 0 Å². The molecule has 17 heavy (non-hydrogen) atoms. The average Bonchev–Trinajstić information content (AvgIpc) is 2.67. The number of alkyl halides is 3. The molecule has 1 rings (SSSR count). The highest BCUT2D eigenvalue weighted by molar-refractivity contribution is 7.99. The topological polar surface area (TPSA) is 58.0 Å². The number of anilines is 1. The van der Waals surface area contributed by atoms with Crippen LogP contribution < -0.4 is 5.32 Å². The molecule has 0 amide bonds. The zero-order chi connectivity index (χ0) is 13.1. The van der Waals surface area contributed by atoms with Crippen LogP contribution in [0.5, 0.6) is 0 Å². The summed E-state index contributed by atoms with van der Waals surface area (Å²) in [5.74, 6) is 0. The third-order valence-corrected chi connectivity index (χ3v) is 4.12. The van der Waals surface area contributed by atoms with Gasteiger partial charge in [0.25, 0.3) is 0 Å². The average molecular weight is 287 g/mol. The lowest BCUT2D eigenvalue weighted by molar-refractivity contribution is -0.138. The molecule has 0 aliphatic carbocycles. The van der Waals surface area contributed by atoms with Crippen molar-refractivity contribution < 1.29 is 18.3 Å². The first-order valence-electron chi connectivity index (χ1n) is 4.69. The fourth-order valence-electron chi connectivity index (χ4n) is 1.12. The lowest BCUT2D eigenvalue weighted by Crippen LogP contribution is -2.30. The maximum Gasteiger partial charge on any atom is 0.445 e. The maximum atomic E-state index is 12.3. The summed E-state index contributed by atoms with van der Waals surface area (Å²) in [6.07, 6.45) is -2.64. The van der Waals surface area contributed by atoms with Gasteiger partial charge in [0.15, 0.2) is 0 Å². The standard InChI is InChI=1S/C8H12F3N3OS2/c1-4(5(3-15)16-2)12-7-14-13-6(17-7)8(9,10)11/h4-5,15H,3H2,1-2H3,(H,12,14). The summed E-state index contributed by atoms with van der Waals surface area (Å²) in [5, 5.41) is 17.3. The van der Waals surface area contributed by atoms with Gasteiger partial charge >= 0.3 is 6.18 Å². The Hall–Kier alpha value is -0.540. The van der Waals surface area contributed by atoms with Crippen LogP contribution in [0.2, 0.25) is 0 Å². The van der Waals surface area contributed by atoms with E-state index in [1.807, 2.05) is 6.26 Å². The van der Waals surface area contributed by atoms with Crippen molar-refractivity contribution in [1.29, 1.82) is 0 Å². The highest BCUT2D eigenvalue weighted by Gasteiger charge is 2.35. The Balaban J connectivity index is 2.66. The first-order chi connectivity index (χ1) is 7.88. The first-order valence-corrected chi connectivity index (χ1v) is 6.79. The van der Waals surface area contributed by atoms with Crippen molar-refractivity contribution in [3.8, 4) is 0 Å². The Labute approximate surface area is 105 Å². The summed E-state index contributed by atoms with van der Waals surface area (Å²) in [6, 6.07) is -0.191. The zero-order valence-corrected chi connectivity index (χ0v) is 10.8. The molecule has 0 spiro atoms. The minimum atomic E-state index is -4.46. The van der Waals surface area contributed by atoms with E-state index in [4.69, 9.17) is 5.11 Å². The number of hydrogen-bond donors (Lipinski definition) is 2. The third kappa shape index (κ3) is 4.00. The largest absolute Gasteiger partial charge is 0.445 e. The minimum Gasteiger partial charge on any atom is -0.395 e. The van der Waals surface area contributed by atoms with Crippen LogP contribution in [-0.2, 0) is 6.18 Å². The first kappa shape index (κ1) is 14.5. The van der Waals surface area contributed by atoms with Crippen molar-refractivity contribution in [3.05, 3.63) is 5.01 Å². The van der Waals surface area contributed by atoms with Crippen molar-refractivity contribution in [2.75, 3.05) is 18.2 Å². The van der Waals surface area contributed by atoms with Crippen molar-refractivity contribution in [3.63, 3.8) is 0 Å². The normalized spacial score (nSPS) is 15.6. The Kier molecular flexibility index (Phi) is 5.02. The summed E-state index contributed by atoms with van der Waals surface area (Å²) in [7, 11) is 0. The molecular weight excluding hydrogens is 275 g/mol. The highest BCUT2D eigenvalue weighted by atomic mass is 32.2. The number of halogens is 3. The zero-order valence-electron chi connectivity index (χ0n) is 9.15. The maximum absolute atomic E-state index is 12.3. The molecule has 0 saturated carbocycles. The molecule has 98 valence electrons. The van der Waals surface area contributed by atoms with Gasteiger partial charge in [-0.05, 0) is 13.2 Å². The monoisotopic (exact) mass is 287 g/mol. The van der Waals surface area contributed by atoms with E-state index in [9.17, 15) is 13.2 Å². The van der Waals surface area contributed by atoms with Gasteiger partial charge in [0.05, 0.1) is 6.61 Å². The van der Waals surface area contributed by atoms with Gasteiger partial charge in [-0.25, -0.2) is 0 Å². The second-order valence-electron chi connectivity index (χ2n) is 3.30. The number of aromatic nitrogens is 2. The number of thioether (sulfide) groups is 1. The van der Waals surface area contributed by atoms with E-state index in [0.29, 0.717) is 11.3 Å². The number of hydrogen-bond acceptors (Lipinski definition) is 6. The van der Waals surface area contributed by atoms with E-state index < -0.39 is 11.2 Å². The van der Waals surface area contributed by atoms with Gasteiger partial charge in [-0.2, -0.15) is 24.9 Å². The van der Waals surface area contributed by atoms with Crippen LogP contribution in [0, 0.1) is 0 Å². The van der Waals surface area contributed by atoms with Crippen LogP contribution >= 0.6 is 23.1 Å². The molecule has 1 heterocycles. The molecule has 0 aromatic carbocycles. The number of aliphatic hydroxyl groups excluding tert-OH is 1. The van der Waals surface area contributed by atoms with Gasteiger partial charge in [-0.1, -0.05) is 11.3 Å². The molecule has 0 aliphatic rings. The van der Waals surface area contributed by atoms with E-state index in [2.05, 4.69) is 15.5 Å². The quantitative estimate of drug-likeness (QED) is 0.868. The van der Waals surface area contributed by atoms with Crippen molar-refractivity contribution in [1.82, 2.24) is 10.2 Å². The molecule has 0 radical (unpaired) electrons. The molecule has 2 N–H and O–H groups in total. The van der Waals surface area contributed by atoms with Gasteiger partial charge in [0, 0.05) is 11.3 Å². The number of nitrogens with one attached hydrogen (secondary N) is 1. The van der Waals surface area contributed by atoms with Crippen LogP contribution in [0.1, 0.15) is 11.9 Å². The van der Waals surface area contributed by atoms with Gasteiger partial charge in [-0.15, -0.1) is 10.2 Å². The summed E-state index contributed by atoms with van der Waals surface area (Å²) < 4.78 is 36.8. The predicted octanol–water partition coefficient (Wildman–Crippen LogP) is 2.08. The van der Waals surface area contributed by atoms with Crippen LogP contribution in [0.25, 0.3) is 0 Å². The van der Waals surface area contributed by atoms with E-state index in [1.54, 1.807) is 6.92 Å². The van der Waals surface area contributed by atoms with E-state index >= 15 is 0 Å². The summed E-state index contributed by atoms with van der Waals surface area (Å²) in [5.41, 5.74) is 0. The Morgan fingerprint density at radius 1 is 1.47 bits per heavy atom. The highest BCUT2D eigenvalue weighted by Crippen LogP contribution is 2.33. The van der Waals surface area contributed by atoms with Crippen LogP contribution in [0.15, 0.2) is 0 Å². The Bertz CT molecular complexity index is 354.